The molecule has 1 aromatic heterocycles. The molecule has 0 spiro atoms. The van der Waals surface area contributed by atoms with Gasteiger partial charge in [0.15, 0.2) is 0 Å². The Bertz CT molecular complexity index is 1450. The van der Waals surface area contributed by atoms with E-state index in [1.165, 1.54) is 38.4 Å². The summed E-state index contributed by atoms with van der Waals surface area (Å²) in [5.41, 5.74) is 2.20. The van der Waals surface area contributed by atoms with Gasteiger partial charge in [0.1, 0.15) is 11.6 Å². The minimum atomic E-state index is -0.602. The highest BCUT2D eigenvalue weighted by Crippen LogP contribution is 2.26. The number of quaternary nitrogens is 1. The molecule has 0 N–H and O–H groups in total. The quantitative estimate of drug-likeness (QED) is 0.208. The zero-order valence-corrected chi connectivity index (χ0v) is 22.5. The van der Waals surface area contributed by atoms with Gasteiger partial charge in [0.05, 0.1) is 45.3 Å². The fourth-order valence-corrected chi connectivity index (χ4v) is 4.55. The Hall–Kier alpha value is -4.14. The van der Waals surface area contributed by atoms with Crippen LogP contribution in [0.2, 0.25) is 0 Å². The molecule has 0 saturated carbocycles. The SMILES string of the molecule is CCC(c1ncc(-c2ccccc2)c(=O)n1Cc1ccccc1)N(CC[N+](C)(C)[O-])C(=O)c1ccc(F)cc1. The predicted molar refractivity (Wildman–Crippen MR) is 150 cm³/mol. The topological polar surface area (TPSA) is 78.3 Å². The molecule has 0 bridgehead atoms. The van der Waals surface area contributed by atoms with E-state index in [9.17, 15) is 19.2 Å². The zero-order valence-electron chi connectivity index (χ0n) is 22.5. The molecule has 202 valence electrons. The van der Waals surface area contributed by atoms with Gasteiger partial charge >= 0.3 is 0 Å². The van der Waals surface area contributed by atoms with Gasteiger partial charge in [-0.25, -0.2) is 9.37 Å². The Morgan fingerprint density at radius 1 is 1.00 bits per heavy atom. The molecular formula is C31H33FN4O3. The number of amides is 1. The van der Waals surface area contributed by atoms with Crippen molar-refractivity contribution in [2.75, 3.05) is 27.2 Å². The van der Waals surface area contributed by atoms with Gasteiger partial charge in [0.2, 0.25) is 0 Å². The molecule has 4 rings (SSSR count). The first-order valence-corrected chi connectivity index (χ1v) is 13.0. The number of rotatable bonds is 10. The largest absolute Gasteiger partial charge is 0.633 e. The molecule has 3 aromatic carbocycles. The Balaban J connectivity index is 1.85. The summed E-state index contributed by atoms with van der Waals surface area (Å²) in [6, 6.07) is 23.7. The van der Waals surface area contributed by atoms with Crippen LogP contribution in [0.15, 0.2) is 95.9 Å². The smallest absolute Gasteiger partial charge is 0.261 e. The van der Waals surface area contributed by atoms with E-state index in [1.807, 2.05) is 67.6 Å². The Labute approximate surface area is 228 Å². The molecule has 0 aliphatic carbocycles. The molecule has 1 heterocycles. The Kier molecular flexibility index (Phi) is 8.69. The van der Waals surface area contributed by atoms with E-state index >= 15 is 0 Å². The number of benzene rings is 3. The highest BCUT2D eigenvalue weighted by Gasteiger charge is 2.30. The molecule has 39 heavy (non-hydrogen) atoms. The molecule has 1 amide bonds. The van der Waals surface area contributed by atoms with Crippen LogP contribution >= 0.6 is 0 Å². The summed E-state index contributed by atoms with van der Waals surface area (Å²) in [6.07, 6.45) is 2.01. The van der Waals surface area contributed by atoms with Gasteiger partial charge in [0, 0.05) is 11.8 Å². The zero-order chi connectivity index (χ0) is 28.0. The van der Waals surface area contributed by atoms with Crippen molar-refractivity contribution < 1.29 is 13.8 Å². The van der Waals surface area contributed by atoms with Crippen molar-refractivity contribution >= 4 is 5.91 Å². The third-order valence-corrected chi connectivity index (χ3v) is 6.64. The van der Waals surface area contributed by atoms with Gasteiger partial charge < -0.3 is 14.8 Å². The molecule has 8 heteroatoms. The van der Waals surface area contributed by atoms with Crippen LogP contribution in [0, 0.1) is 11.0 Å². The molecule has 7 nitrogen and oxygen atoms in total. The minimum Gasteiger partial charge on any atom is -0.633 e. The summed E-state index contributed by atoms with van der Waals surface area (Å²) < 4.78 is 14.6. The minimum absolute atomic E-state index is 0.132. The summed E-state index contributed by atoms with van der Waals surface area (Å²) in [6.45, 7) is 2.44. The lowest BCUT2D eigenvalue weighted by Gasteiger charge is -2.38. The van der Waals surface area contributed by atoms with Crippen molar-refractivity contribution in [2.45, 2.75) is 25.9 Å². The summed E-state index contributed by atoms with van der Waals surface area (Å²) >= 11 is 0. The third-order valence-electron chi connectivity index (χ3n) is 6.64. The number of nitrogens with zero attached hydrogens (tertiary/aromatic N) is 4. The van der Waals surface area contributed by atoms with Crippen molar-refractivity contribution in [1.29, 1.82) is 0 Å². The normalized spacial score (nSPS) is 12.2. The first-order chi connectivity index (χ1) is 18.7. The third kappa shape index (κ3) is 6.85. The lowest BCUT2D eigenvalue weighted by molar-refractivity contribution is -0.839. The molecule has 1 atom stereocenters. The van der Waals surface area contributed by atoms with E-state index in [-0.39, 0.29) is 31.1 Å². The standard InChI is InChI=1S/C31H33FN4O3/c1-4-28(34(19-20-36(2,3)39)30(37)25-15-17-26(32)18-16-25)29-33-21-27(24-13-9-6-10-14-24)31(38)35(29)22-23-11-7-5-8-12-23/h5-18,21,28H,4,19-20,22H2,1-3H3. The molecule has 0 aliphatic rings. The van der Waals surface area contributed by atoms with Crippen LogP contribution in [-0.4, -0.2) is 52.2 Å². The fourth-order valence-electron chi connectivity index (χ4n) is 4.55. The van der Waals surface area contributed by atoms with Crippen molar-refractivity contribution in [3.05, 3.63) is 129 Å². The van der Waals surface area contributed by atoms with Crippen LogP contribution in [0.1, 0.15) is 41.1 Å². The second-order valence-corrected chi connectivity index (χ2v) is 10.0. The van der Waals surface area contributed by atoms with Gasteiger partial charge in [-0.3, -0.25) is 14.2 Å². The molecule has 0 fully saturated rings. The molecule has 0 radical (unpaired) electrons. The Morgan fingerprint density at radius 3 is 2.21 bits per heavy atom. The molecule has 4 aromatic rings. The van der Waals surface area contributed by atoms with Gasteiger partial charge in [-0.15, -0.1) is 0 Å². The van der Waals surface area contributed by atoms with Crippen molar-refractivity contribution in [3.63, 3.8) is 0 Å². The number of carbonyl (C=O) groups is 1. The van der Waals surface area contributed by atoms with Crippen LogP contribution in [0.3, 0.4) is 0 Å². The number of hydrogen-bond acceptors (Lipinski definition) is 4. The van der Waals surface area contributed by atoms with E-state index < -0.39 is 16.5 Å². The highest BCUT2D eigenvalue weighted by molar-refractivity contribution is 5.94. The van der Waals surface area contributed by atoms with Crippen LogP contribution < -0.4 is 5.56 Å². The highest BCUT2D eigenvalue weighted by atomic mass is 19.1. The average Bonchev–Trinajstić information content (AvgIpc) is 2.93. The fraction of sp³-hybridized carbons (Fsp3) is 0.258. The second-order valence-electron chi connectivity index (χ2n) is 10.0. The molecule has 1 unspecified atom stereocenters. The van der Waals surface area contributed by atoms with Crippen molar-refractivity contribution in [2.24, 2.45) is 0 Å². The van der Waals surface area contributed by atoms with Crippen molar-refractivity contribution in [1.82, 2.24) is 14.5 Å². The number of halogens is 1. The van der Waals surface area contributed by atoms with Gasteiger partial charge in [0.25, 0.3) is 11.5 Å². The first kappa shape index (κ1) is 27.9. The summed E-state index contributed by atoms with van der Waals surface area (Å²) in [7, 11) is 3.03. The van der Waals surface area contributed by atoms with E-state index in [2.05, 4.69) is 0 Å². The van der Waals surface area contributed by atoms with Crippen LogP contribution in [0.25, 0.3) is 11.1 Å². The lowest BCUT2D eigenvalue weighted by Crippen LogP contribution is -2.45. The van der Waals surface area contributed by atoms with E-state index in [0.717, 1.165) is 11.1 Å². The maximum absolute atomic E-state index is 14.0. The monoisotopic (exact) mass is 528 g/mol. The lowest BCUT2D eigenvalue weighted by atomic mass is 10.1. The Morgan fingerprint density at radius 2 is 1.62 bits per heavy atom. The van der Waals surface area contributed by atoms with Crippen molar-refractivity contribution in [3.8, 4) is 11.1 Å². The number of likely N-dealkylation sites (N-methyl/N-ethyl adjacent to an activating group) is 1. The van der Waals surface area contributed by atoms with Gasteiger partial charge in [-0.2, -0.15) is 0 Å². The number of hydrogen-bond donors (Lipinski definition) is 0. The number of hydroxylamine groups is 3. The maximum Gasteiger partial charge on any atom is 0.261 e. The summed E-state index contributed by atoms with van der Waals surface area (Å²) in [4.78, 5) is 34.1. The van der Waals surface area contributed by atoms with Crippen LogP contribution in [0.5, 0.6) is 0 Å². The maximum atomic E-state index is 14.0. The van der Waals surface area contributed by atoms with E-state index in [0.29, 0.717) is 23.4 Å². The number of carbonyl (C=O) groups excluding carboxylic acids is 1. The van der Waals surface area contributed by atoms with Gasteiger partial charge in [-0.1, -0.05) is 67.6 Å². The van der Waals surface area contributed by atoms with E-state index in [1.54, 1.807) is 15.7 Å². The van der Waals surface area contributed by atoms with Crippen LogP contribution in [0.4, 0.5) is 4.39 Å². The number of aromatic nitrogens is 2. The molecular weight excluding hydrogens is 495 g/mol. The first-order valence-electron chi connectivity index (χ1n) is 13.0. The average molecular weight is 529 g/mol. The molecule has 0 aliphatic heterocycles. The summed E-state index contributed by atoms with van der Waals surface area (Å²) in [5.74, 6) is -0.377. The summed E-state index contributed by atoms with van der Waals surface area (Å²) in [5, 5.41) is 12.5. The van der Waals surface area contributed by atoms with Gasteiger partial charge in [-0.05, 0) is 41.8 Å². The predicted octanol–water partition coefficient (Wildman–Crippen LogP) is 5.27. The van der Waals surface area contributed by atoms with E-state index in [4.69, 9.17) is 4.98 Å². The second kappa shape index (κ2) is 12.1. The van der Waals surface area contributed by atoms with Crippen LogP contribution in [-0.2, 0) is 6.54 Å². The molecule has 0 saturated heterocycles.